The molecule has 4 aromatic rings. The van der Waals surface area contributed by atoms with Gasteiger partial charge in [-0.2, -0.15) is 0 Å². The molecule has 0 N–H and O–H groups in total. The first-order chi connectivity index (χ1) is 14.5. The maximum atomic E-state index is 13.1. The molecule has 0 unspecified atom stereocenters. The van der Waals surface area contributed by atoms with Crippen molar-refractivity contribution in [2.24, 2.45) is 0 Å². The summed E-state index contributed by atoms with van der Waals surface area (Å²) in [7, 11) is 1.69. The molecular formula is C23H19ClFN3OS. The van der Waals surface area contributed by atoms with Crippen LogP contribution in [0.1, 0.15) is 5.56 Å². The average molecular weight is 440 g/mol. The van der Waals surface area contributed by atoms with Crippen molar-refractivity contribution in [3.8, 4) is 0 Å². The first-order valence-corrected chi connectivity index (χ1v) is 10.7. The summed E-state index contributed by atoms with van der Waals surface area (Å²) < 4.78 is 15.2. The smallest absolute Gasteiger partial charge is 0.237 e. The molecule has 0 aliphatic carbocycles. The Morgan fingerprint density at radius 1 is 1.07 bits per heavy atom. The zero-order chi connectivity index (χ0) is 21.1. The first-order valence-electron chi connectivity index (χ1n) is 9.36. The summed E-state index contributed by atoms with van der Waals surface area (Å²) in [5.74, 6) is -0.195. The van der Waals surface area contributed by atoms with Gasteiger partial charge in [-0.25, -0.2) is 9.37 Å². The van der Waals surface area contributed by atoms with Crippen LogP contribution >= 0.6 is 23.4 Å². The van der Waals surface area contributed by atoms with Crippen LogP contribution in [0.3, 0.4) is 0 Å². The van der Waals surface area contributed by atoms with Crippen LogP contribution in [0.4, 0.5) is 10.1 Å². The topological polar surface area (TPSA) is 38.1 Å². The Morgan fingerprint density at radius 3 is 2.50 bits per heavy atom. The van der Waals surface area contributed by atoms with E-state index in [1.807, 2.05) is 48.5 Å². The second kappa shape index (κ2) is 8.90. The highest BCUT2D eigenvalue weighted by Crippen LogP contribution is 2.26. The molecule has 0 saturated heterocycles. The Bertz CT molecular complexity index is 1180. The third kappa shape index (κ3) is 4.50. The van der Waals surface area contributed by atoms with Crippen molar-refractivity contribution >= 4 is 46.0 Å². The lowest BCUT2D eigenvalue weighted by Gasteiger charge is -2.17. The van der Waals surface area contributed by atoms with Gasteiger partial charge in [-0.1, -0.05) is 47.6 Å². The lowest BCUT2D eigenvalue weighted by Crippen LogP contribution is -2.28. The Labute approximate surface area is 183 Å². The van der Waals surface area contributed by atoms with Crippen LogP contribution in [0.25, 0.3) is 11.0 Å². The van der Waals surface area contributed by atoms with Crippen molar-refractivity contribution in [2.45, 2.75) is 11.7 Å². The minimum absolute atomic E-state index is 0.0864. The summed E-state index contributed by atoms with van der Waals surface area (Å²) in [4.78, 5) is 18.9. The molecule has 1 heterocycles. The van der Waals surface area contributed by atoms with Gasteiger partial charge in [0.1, 0.15) is 5.82 Å². The number of hydrogen-bond acceptors (Lipinski definition) is 3. The number of nitrogens with zero attached hydrogens (tertiary/aromatic N) is 3. The molecule has 3 aromatic carbocycles. The van der Waals surface area contributed by atoms with Crippen molar-refractivity contribution in [3.05, 3.63) is 89.2 Å². The van der Waals surface area contributed by atoms with Gasteiger partial charge in [-0.15, -0.1) is 0 Å². The van der Waals surface area contributed by atoms with Gasteiger partial charge in [0.15, 0.2) is 5.16 Å². The normalized spacial score (nSPS) is 11.0. The number of hydrogen-bond donors (Lipinski definition) is 0. The number of carbonyl (C=O) groups is 1. The number of rotatable bonds is 6. The molecule has 0 aliphatic heterocycles. The Hall–Kier alpha value is -2.83. The average Bonchev–Trinajstić information content (AvgIpc) is 3.11. The highest BCUT2D eigenvalue weighted by atomic mass is 35.5. The zero-order valence-electron chi connectivity index (χ0n) is 16.3. The van der Waals surface area contributed by atoms with E-state index in [2.05, 4.69) is 4.57 Å². The Kier molecular flexibility index (Phi) is 6.06. The molecule has 0 fully saturated rings. The molecule has 152 valence electrons. The molecule has 0 bridgehead atoms. The summed E-state index contributed by atoms with van der Waals surface area (Å²) in [6.07, 6.45) is 0. The van der Waals surface area contributed by atoms with Crippen LogP contribution < -0.4 is 4.90 Å². The van der Waals surface area contributed by atoms with Gasteiger partial charge in [0.25, 0.3) is 0 Å². The number of fused-ring (bicyclic) bond motifs is 1. The maximum Gasteiger partial charge on any atom is 0.237 e. The van der Waals surface area contributed by atoms with E-state index in [-0.39, 0.29) is 17.5 Å². The lowest BCUT2D eigenvalue weighted by molar-refractivity contribution is -0.115. The van der Waals surface area contributed by atoms with Crippen molar-refractivity contribution in [2.75, 3.05) is 17.7 Å². The van der Waals surface area contributed by atoms with Gasteiger partial charge in [0.2, 0.25) is 5.91 Å². The monoisotopic (exact) mass is 439 g/mol. The van der Waals surface area contributed by atoms with Crippen molar-refractivity contribution in [1.29, 1.82) is 0 Å². The molecule has 0 spiro atoms. The van der Waals surface area contributed by atoms with Gasteiger partial charge in [-0.05, 0) is 54.1 Å². The molecule has 1 aromatic heterocycles. The quantitative estimate of drug-likeness (QED) is 0.365. The van der Waals surface area contributed by atoms with Gasteiger partial charge in [-0.3, -0.25) is 4.79 Å². The number of anilines is 1. The van der Waals surface area contributed by atoms with Crippen LogP contribution in [-0.4, -0.2) is 28.3 Å². The maximum absolute atomic E-state index is 13.1. The molecule has 4 nitrogen and oxygen atoms in total. The molecule has 0 radical (unpaired) electrons. The Balaban J connectivity index is 1.55. The van der Waals surface area contributed by atoms with Crippen molar-refractivity contribution < 1.29 is 9.18 Å². The van der Waals surface area contributed by atoms with Gasteiger partial charge < -0.3 is 9.47 Å². The van der Waals surface area contributed by atoms with E-state index in [0.29, 0.717) is 17.3 Å². The van der Waals surface area contributed by atoms with E-state index in [1.54, 1.807) is 19.2 Å². The molecule has 4 rings (SSSR count). The highest BCUT2D eigenvalue weighted by molar-refractivity contribution is 7.99. The van der Waals surface area contributed by atoms with E-state index >= 15 is 0 Å². The van der Waals surface area contributed by atoms with E-state index in [9.17, 15) is 9.18 Å². The fourth-order valence-corrected chi connectivity index (χ4v) is 4.17. The molecule has 1 amide bonds. The first kappa shape index (κ1) is 20.4. The number of benzene rings is 3. The number of para-hydroxylation sites is 2. The van der Waals surface area contributed by atoms with E-state index in [0.717, 1.165) is 21.8 Å². The molecule has 0 atom stereocenters. The van der Waals surface area contributed by atoms with Gasteiger partial charge in [0.05, 0.1) is 23.3 Å². The molecule has 0 aliphatic rings. The fraction of sp³-hybridized carbons (Fsp3) is 0.130. The van der Waals surface area contributed by atoms with E-state index in [4.69, 9.17) is 16.6 Å². The summed E-state index contributed by atoms with van der Waals surface area (Å²) >= 11 is 7.40. The molecule has 0 saturated carbocycles. The van der Waals surface area contributed by atoms with Crippen LogP contribution in [-0.2, 0) is 11.3 Å². The van der Waals surface area contributed by atoms with E-state index < -0.39 is 0 Å². The molecular weight excluding hydrogens is 421 g/mol. The third-order valence-electron chi connectivity index (χ3n) is 4.79. The van der Waals surface area contributed by atoms with Crippen LogP contribution in [0.5, 0.6) is 0 Å². The zero-order valence-corrected chi connectivity index (χ0v) is 17.8. The number of halogens is 2. The standard InChI is InChI=1S/C23H19ClFN3OS/c1-27(19-12-10-18(25)11-13-19)22(29)15-30-23-26-20-4-2-3-5-21(20)28(23)14-16-6-8-17(24)9-7-16/h2-13H,14-15H2,1H3. The Morgan fingerprint density at radius 2 is 1.77 bits per heavy atom. The van der Waals surface area contributed by atoms with Gasteiger partial charge in [0, 0.05) is 17.8 Å². The summed E-state index contributed by atoms with van der Waals surface area (Å²) in [5.41, 5.74) is 3.64. The number of amides is 1. The van der Waals surface area contributed by atoms with E-state index in [1.165, 1.54) is 28.8 Å². The largest absolute Gasteiger partial charge is 0.315 e. The van der Waals surface area contributed by atoms with Gasteiger partial charge >= 0.3 is 0 Å². The molecule has 30 heavy (non-hydrogen) atoms. The predicted molar refractivity (Wildman–Crippen MR) is 121 cm³/mol. The van der Waals surface area contributed by atoms with Crippen LogP contribution in [0.15, 0.2) is 78.0 Å². The minimum atomic E-state index is -0.329. The number of carbonyl (C=O) groups excluding carboxylic acids is 1. The van der Waals surface area contributed by atoms with Crippen LogP contribution in [0, 0.1) is 5.82 Å². The molecule has 7 heteroatoms. The summed E-state index contributed by atoms with van der Waals surface area (Å²) in [6, 6.07) is 21.5. The summed E-state index contributed by atoms with van der Waals surface area (Å²) in [6.45, 7) is 0.627. The number of imidazole rings is 1. The SMILES string of the molecule is CN(C(=O)CSc1nc2ccccc2n1Cc1ccc(Cl)cc1)c1ccc(F)cc1. The predicted octanol–water partition coefficient (Wildman–Crippen LogP) is 5.63. The second-order valence-electron chi connectivity index (χ2n) is 6.81. The minimum Gasteiger partial charge on any atom is -0.315 e. The second-order valence-corrected chi connectivity index (χ2v) is 8.19. The van der Waals surface area contributed by atoms with Crippen molar-refractivity contribution in [3.63, 3.8) is 0 Å². The third-order valence-corrected chi connectivity index (χ3v) is 6.00. The summed E-state index contributed by atoms with van der Waals surface area (Å²) in [5, 5.41) is 1.46. The number of aromatic nitrogens is 2. The van der Waals surface area contributed by atoms with Crippen molar-refractivity contribution in [1.82, 2.24) is 9.55 Å². The number of thioether (sulfide) groups is 1. The fourth-order valence-electron chi connectivity index (χ4n) is 3.12. The highest BCUT2D eigenvalue weighted by Gasteiger charge is 2.16. The lowest BCUT2D eigenvalue weighted by atomic mass is 10.2. The van der Waals surface area contributed by atoms with Crippen LogP contribution in [0.2, 0.25) is 5.02 Å².